The molecule has 0 unspecified atom stereocenters. The third-order valence-electron chi connectivity index (χ3n) is 4.02. The minimum atomic E-state index is -4.31. The second-order valence-electron chi connectivity index (χ2n) is 7.17. The minimum Gasteiger partial charge on any atom is -0.372 e. The Balaban J connectivity index is 0.000000467. The summed E-state index contributed by atoms with van der Waals surface area (Å²) >= 11 is 0. The topological polar surface area (TPSA) is 82.3 Å². The highest BCUT2D eigenvalue weighted by atomic mass is 19.4. The van der Waals surface area contributed by atoms with E-state index in [9.17, 15) is 18.0 Å². The molecule has 168 valence electrons. The van der Waals surface area contributed by atoms with Gasteiger partial charge in [0, 0.05) is 26.1 Å². The van der Waals surface area contributed by atoms with Crippen molar-refractivity contribution in [3.63, 3.8) is 0 Å². The Kier molecular flexibility index (Phi) is 9.38. The molecule has 2 amide bonds. The zero-order chi connectivity index (χ0) is 22.0. The Bertz CT molecular complexity index is 790. The second kappa shape index (κ2) is 11.8. The molecule has 1 aromatic carbocycles. The first kappa shape index (κ1) is 23.9. The predicted molar refractivity (Wildman–Crippen MR) is 109 cm³/mol. The molecule has 0 spiro atoms. The molecule has 1 saturated carbocycles. The molecule has 10 heteroatoms. The molecule has 1 saturated heterocycles. The van der Waals surface area contributed by atoms with Crippen LogP contribution in [0.5, 0.6) is 0 Å². The van der Waals surface area contributed by atoms with Gasteiger partial charge in [-0.05, 0) is 31.8 Å². The number of fused-ring (bicyclic) bond motifs is 1. The van der Waals surface area contributed by atoms with Crippen LogP contribution in [0, 0.1) is 0 Å². The van der Waals surface area contributed by atoms with Crippen molar-refractivity contribution in [3.05, 3.63) is 29.6 Å². The lowest BCUT2D eigenvalue weighted by Crippen LogP contribution is -2.27. The third kappa shape index (κ3) is 9.00. The molecular weight excluding hydrogens is 399 g/mol. The Hall–Kier alpha value is -2.33. The number of ether oxygens (including phenoxy) is 1. The van der Waals surface area contributed by atoms with E-state index in [2.05, 4.69) is 25.3 Å². The van der Waals surface area contributed by atoms with E-state index in [1.54, 1.807) is 4.90 Å². The number of rotatable bonds is 6. The fraction of sp³-hybridized carbons (Fsp3) is 0.600. The summed E-state index contributed by atoms with van der Waals surface area (Å²) in [5, 5.41) is 5.49. The lowest BCUT2D eigenvalue weighted by molar-refractivity contribution is -0.173. The molecule has 30 heavy (non-hydrogen) atoms. The highest BCUT2D eigenvalue weighted by molar-refractivity contribution is 5.77. The van der Waals surface area contributed by atoms with Crippen LogP contribution < -0.4 is 10.6 Å². The van der Waals surface area contributed by atoms with Gasteiger partial charge in [-0.1, -0.05) is 25.3 Å². The second-order valence-corrected chi connectivity index (χ2v) is 7.17. The highest BCUT2D eigenvalue weighted by Gasteiger charge is 2.27. The number of nitrogens with zero attached hydrogens (tertiary/aromatic N) is 2. The van der Waals surface area contributed by atoms with Crippen LogP contribution in [0.4, 0.5) is 18.0 Å². The number of urea groups is 1. The molecule has 4 rings (SSSR count). The van der Waals surface area contributed by atoms with Crippen molar-refractivity contribution in [1.29, 1.82) is 0 Å². The normalized spacial score (nSPS) is 15.2. The van der Waals surface area contributed by atoms with E-state index in [1.165, 1.54) is 19.3 Å². The lowest BCUT2D eigenvalue weighted by atomic mass is 10.2. The van der Waals surface area contributed by atoms with E-state index in [0.29, 0.717) is 25.5 Å². The zero-order valence-electron chi connectivity index (χ0n) is 17.4. The molecule has 1 aliphatic carbocycles. The van der Waals surface area contributed by atoms with Crippen LogP contribution in [0.15, 0.2) is 18.2 Å². The molecular formula is C20H30F3N5O2. The molecule has 1 aliphatic heterocycles. The van der Waals surface area contributed by atoms with Crippen molar-refractivity contribution in [2.24, 2.45) is 0 Å². The van der Waals surface area contributed by atoms with E-state index in [-0.39, 0.29) is 19.1 Å². The number of imidazole rings is 1. The van der Waals surface area contributed by atoms with Crippen molar-refractivity contribution in [2.45, 2.75) is 38.4 Å². The Morgan fingerprint density at radius 2 is 1.93 bits per heavy atom. The van der Waals surface area contributed by atoms with Gasteiger partial charge in [-0.15, -0.1) is 0 Å². The number of hydrogen-bond acceptors (Lipinski definition) is 4. The van der Waals surface area contributed by atoms with Crippen molar-refractivity contribution in [3.8, 4) is 0 Å². The summed E-state index contributed by atoms with van der Waals surface area (Å²) in [6.07, 6.45) is 0.458. The summed E-state index contributed by atoms with van der Waals surface area (Å²) in [5.74, 6) is 0.572. The summed E-state index contributed by atoms with van der Waals surface area (Å²) in [5.41, 5.74) is 2.48. The Morgan fingerprint density at radius 1 is 1.23 bits per heavy atom. The predicted octanol–water partition coefficient (Wildman–Crippen LogP) is 3.22. The van der Waals surface area contributed by atoms with Crippen LogP contribution >= 0.6 is 0 Å². The molecule has 2 aliphatic rings. The van der Waals surface area contributed by atoms with E-state index in [4.69, 9.17) is 0 Å². The van der Waals surface area contributed by atoms with Gasteiger partial charge in [0.2, 0.25) is 0 Å². The number of halogens is 3. The van der Waals surface area contributed by atoms with E-state index in [1.807, 2.05) is 32.3 Å². The van der Waals surface area contributed by atoms with Crippen LogP contribution in [-0.4, -0.2) is 67.5 Å². The van der Waals surface area contributed by atoms with Gasteiger partial charge >= 0.3 is 12.2 Å². The first-order chi connectivity index (χ1) is 14.3. The van der Waals surface area contributed by atoms with Crippen LogP contribution in [0.3, 0.4) is 0 Å². The number of H-pyrrole nitrogens is 1. The van der Waals surface area contributed by atoms with Crippen molar-refractivity contribution >= 4 is 17.1 Å². The number of aromatic amines is 1. The average molecular weight is 429 g/mol. The fourth-order valence-corrected chi connectivity index (χ4v) is 2.57. The van der Waals surface area contributed by atoms with E-state index >= 15 is 0 Å². The van der Waals surface area contributed by atoms with Crippen molar-refractivity contribution in [2.75, 3.05) is 40.4 Å². The molecule has 3 N–H and O–H groups in total. The number of hydrogen-bond donors (Lipinski definition) is 3. The maximum Gasteiger partial charge on any atom is 0.411 e. The first-order valence-corrected chi connectivity index (χ1v) is 10.1. The highest BCUT2D eigenvalue weighted by Crippen LogP contribution is 2.17. The van der Waals surface area contributed by atoms with Gasteiger partial charge < -0.3 is 25.3 Å². The van der Waals surface area contributed by atoms with Crippen molar-refractivity contribution in [1.82, 2.24) is 25.5 Å². The van der Waals surface area contributed by atoms with Gasteiger partial charge in [0.05, 0.1) is 17.6 Å². The summed E-state index contributed by atoms with van der Waals surface area (Å²) < 4.78 is 40.6. The fourth-order valence-electron chi connectivity index (χ4n) is 2.57. The summed E-state index contributed by atoms with van der Waals surface area (Å²) in [6, 6.07) is 5.53. The lowest BCUT2D eigenvalue weighted by Gasteiger charge is -2.13. The molecule has 0 atom stereocenters. The van der Waals surface area contributed by atoms with E-state index in [0.717, 1.165) is 16.6 Å². The minimum absolute atomic E-state index is 0.0554. The number of nitrogens with one attached hydrogen (secondary N) is 3. The van der Waals surface area contributed by atoms with Gasteiger partial charge in [0.25, 0.3) is 0 Å². The maximum atomic E-state index is 12.0. The third-order valence-corrected chi connectivity index (χ3v) is 4.02. The number of aromatic nitrogens is 2. The van der Waals surface area contributed by atoms with Gasteiger partial charge in [0.15, 0.2) is 0 Å². The maximum absolute atomic E-state index is 12.0. The molecule has 2 heterocycles. The van der Waals surface area contributed by atoms with Crippen molar-refractivity contribution < 1.29 is 22.7 Å². The number of carbonyl (C=O) groups excluding carboxylic acids is 1. The Morgan fingerprint density at radius 3 is 2.50 bits per heavy atom. The number of carbonyl (C=O) groups is 1. The number of alkyl halides is 3. The molecule has 7 nitrogen and oxygen atoms in total. The van der Waals surface area contributed by atoms with Crippen LogP contribution in [0.2, 0.25) is 0 Å². The molecule has 2 fully saturated rings. The smallest absolute Gasteiger partial charge is 0.372 e. The van der Waals surface area contributed by atoms with E-state index < -0.39 is 12.8 Å². The SMILES string of the molecule is C1CC1.CNC.O=C1NCCN1Cc1ccc2nc(CCOCC(F)(F)F)[nH]c2c1. The van der Waals surface area contributed by atoms with Gasteiger partial charge in [-0.25, -0.2) is 9.78 Å². The standard InChI is InChI=1S/C15H17F3N4O2.C3H6.C2H7N/c16-15(17,18)9-24-6-3-13-20-11-2-1-10(7-12(11)21-13)8-22-5-4-19-14(22)23;1-2-3-1;1-3-2/h1-2,7H,3-6,8-9H2,(H,19,23)(H,20,21);1-3H2;3H,1-2H3. The van der Waals surface area contributed by atoms with Crippen LogP contribution in [0.1, 0.15) is 30.7 Å². The van der Waals surface area contributed by atoms with Crippen LogP contribution in [-0.2, 0) is 17.7 Å². The molecule has 1 aromatic heterocycles. The quantitative estimate of drug-likeness (QED) is 0.616. The summed E-state index contributed by atoms with van der Waals surface area (Å²) in [6.45, 7) is 0.509. The van der Waals surface area contributed by atoms with Crippen LogP contribution in [0.25, 0.3) is 11.0 Å². The van der Waals surface area contributed by atoms with Gasteiger partial charge in [0.1, 0.15) is 12.4 Å². The number of benzene rings is 1. The molecule has 0 radical (unpaired) electrons. The summed E-state index contributed by atoms with van der Waals surface area (Å²) in [4.78, 5) is 20.7. The first-order valence-electron chi connectivity index (χ1n) is 10.1. The number of amides is 2. The van der Waals surface area contributed by atoms with Gasteiger partial charge in [-0.3, -0.25) is 0 Å². The molecule has 2 aromatic rings. The Labute approximate surface area is 174 Å². The average Bonchev–Trinajstić information content (AvgIpc) is 3.43. The molecule has 0 bridgehead atoms. The summed E-state index contributed by atoms with van der Waals surface area (Å²) in [7, 11) is 3.75. The largest absolute Gasteiger partial charge is 0.411 e. The van der Waals surface area contributed by atoms with Gasteiger partial charge in [-0.2, -0.15) is 13.2 Å². The zero-order valence-corrected chi connectivity index (χ0v) is 17.4. The monoisotopic (exact) mass is 429 g/mol.